The Morgan fingerprint density at radius 1 is 0.438 bits per heavy atom. The molecule has 0 aromatic rings. The molecule has 0 aliphatic heterocycles. The van der Waals surface area contributed by atoms with Crippen LogP contribution in [0.1, 0.15) is 284 Å². The second-order valence-corrected chi connectivity index (χ2v) is 18.9. The van der Waals surface area contributed by atoms with Crippen LogP contribution in [-0.4, -0.2) is 47.4 Å². The topological polar surface area (TPSA) is 95.9 Å². The highest BCUT2D eigenvalue weighted by Crippen LogP contribution is 2.16. The maximum atomic E-state index is 12.4. The van der Waals surface area contributed by atoms with E-state index in [1.54, 1.807) is 6.08 Å². The molecule has 2 unspecified atom stereocenters. The van der Waals surface area contributed by atoms with Crippen LogP contribution in [0.15, 0.2) is 48.6 Å². The Balaban J connectivity index is 3.56. The van der Waals surface area contributed by atoms with Gasteiger partial charge in [0.25, 0.3) is 0 Å². The predicted molar refractivity (Wildman–Crippen MR) is 278 cm³/mol. The van der Waals surface area contributed by atoms with Crippen LogP contribution >= 0.6 is 0 Å². The van der Waals surface area contributed by atoms with Crippen molar-refractivity contribution in [1.82, 2.24) is 5.32 Å². The number of aliphatic hydroxyl groups is 2. The van der Waals surface area contributed by atoms with E-state index >= 15 is 0 Å². The van der Waals surface area contributed by atoms with Gasteiger partial charge in [0, 0.05) is 12.8 Å². The SMILES string of the molecule is CCCCC/C=C\C/C=C\CCCCCCCCCCCC(=O)OCCCCCC/C=C\CCCC(=O)NC(CO)C(O)/C=C/CCCCCCCCCCCCCCCCCCC. The van der Waals surface area contributed by atoms with Gasteiger partial charge in [-0.15, -0.1) is 0 Å². The van der Waals surface area contributed by atoms with Gasteiger partial charge in [-0.25, -0.2) is 0 Å². The van der Waals surface area contributed by atoms with Gasteiger partial charge in [0.05, 0.1) is 25.4 Å². The van der Waals surface area contributed by atoms with E-state index in [0.29, 0.717) is 19.4 Å². The average molecular weight is 898 g/mol. The van der Waals surface area contributed by atoms with Crippen LogP contribution in [0.25, 0.3) is 0 Å². The van der Waals surface area contributed by atoms with Crippen LogP contribution in [0, 0.1) is 0 Å². The lowest BCUT2D eigenvalue weighted by Crippen LogP contribution is -2.45. The van der Waals surface area contributed by atoms with Gasteiger partial charge >= 0.3 is 5.97 Å². The molecule has 0 aliphatic carbocycles. The molecular formula is C58H107NO5. The summed E-state index contributed by atoms with van der Waals surface area (Å²) in [5.74, 6) is -0.170. The van der Waals surface area contributed by atoms with Crippen molar-refractivity contribution < 1.29 is 24.5 Å². The molecule has 64 heavy (non-hydrogen) atoms. The number of hydrogen-bond donors (Lipinski definition) is 3. The lowest BCUT2D eigenvalue weighted by Gasteiger charge is -2.19. The van der Waals surface area contributed by atoms with E-state index in [1.165, 1.54) is 180 Å². The van der Waals surface area contributed by atoms with E-state index in [2.05, 4.69) is 55.6 Å². The zero-order chi connectivity index (χ0) is 46.5. The average Bonchev–Trinajstić information content (AvgIpc) is 3.29. The normalized spacial score (nSPS) is 13.0. The van der Waals surface area contributed by atoms with Gasteiger partial charge in [-0.1, -0.05) is 236 Å². The molecule has 0 aromatic carbocycles. The Labute approximate surface area is 397 Å². The van der Waals surface area contributed by atoms with Crippen LogP contribution in [0.2, 0.25) is 0 Å². The number of amides is 1. The minimum atomic E-state index is -0.877. The Morgan fingerprint density at radius 3 is 1.27 bits per heavy atom. The van der Waals surface area contributed by atoms with E-state index in [9.17, 15) is 19.8 Å². The molecule has 6 heteroatoms. The lowest BCUT2D eigenvalue weighted by atomic mass is 10.0. The first kappa shape index (κ1) is 61.8. The first-order chi connectivity index (χ1) is 31.5. The van der Waals surface area contributed by atoms with Gasteiger partial charge in [-0.3, -0.25) is 9.59 Å². The smallest absolute Gasteiger partial charge is 0.305 e. The number of hydrogen-bond acceptors (Lipinski definition) is 5. The van der Waals surface area contributed by atoms with Gasteiger partial charge in [0.1, 0.15) is 0 Å². The summed E-state index contributed by atoms with van der Waals surface area (Å²) in [4.78, 5) is 24.5. The van der Waals surface area contributed by atoms with Gasteiger partial charge in [0.15, 0.2) is 0 Å². The van der Waals surface area contributed by atoms with Crippen molar-refractivity contribution in [2.75, 3.05) is 13.2 Å². The first-order valence-corrected chi connectivity index (χ1v) is 27.9. The van der Waals surface area contributed by atoms with Crippen molar-refractivity contribution in [3.8, 4) is 0 Å². The summed E-state index contributed by atoms with van der Waals surface area (Å²) in [6, 6.07) is -0.667. The molecule has 0 spiro atoms. The summed E-state index contributed by atoms with van der Waals surface area (Å²) >= 11 is 0. The molecular weight excluding hydrogens is 791 g/mol. The Bertz CT molecular complexity index is 1080. The number of esters is 1. The number of aliphatic hydroxyl groups excluding tert-OH is 2. The fraction of sp³-hybridized carbons (Fsp3) is 0.828. The van der Waals surface area contributed by atoms with Gasteiger partial charge in [0.2, 0.25) is 5.91 Å². The number of carbonyl (C=O) groups excluding carboxylic acids is 2. The van der Waals surface area contributed by atoms with E-state index < -0.39 is 12.1 Å². The fourth-order valence-corrected chi connectivity index (χ4v) is 8.25. The minimum Gasteiger partial charge on any atom is -0.466 e. The van der Waals surface area contributed by atoms with Crippen molar-refractivity contribution in [3.63, 3.8) is 0 Å². The second-order valence-electron chi connectivity index (χ2n) is 18.9. The van der Waals surface area contributed by atoms with Crippen LogP contribution in [-0.2, 0) is 14.3 Å². The number of carbonyl (C=O) groups is 2. The number of rotatable bonds is 51. The van der Waals surface area contributed by atoms with Crippen LogP contribution in [0.3, 0.4) is 0 Å². The standard InChI is InChI=1S/C58H107NO5/c1-3-5-7-9-11-13-15-17-19-21-23-25-27-29-31-34-38-42-46-50-56(61)55(54-60)59-57(62)51-47-43-39-35-33-37-41-45-49-53-64-58(63)52-48-44-40-36-32-30-28-26-24-22-20-18-16-14-12-10-8-6-4-2/h12,14,18,20,35,39,46,50,55-56,60-61H,3-11,13,15-17,19,21-34,36-38,40-45,47-49,51-54H2,1-2H3,(H,59,62)/b14-12-,20-18-,39-35-,50-46+. The Hall–Kier alpha value is -2.18. The van der Waals surface area contributed by atoms with Crippen molar-refractivity contribution in [3.05, 3.63) is 48.6 Å². The summed E-state index contributed by atoms with van der Waals surface area (Å²) in [5.41, 5.74) is 0. The molecule has 0 radical (unpaired) electrons. The maximum absolute atomic E-state index is 12.4. The third-order valence-electron chi connectivity index (χ3n) is 12.6. The molecule has 1 amide bonds. The van der Waals surface area contributed by atoms with E-state index in [0.717, 1.165) is 77.0 Å². The summed E-state index contributed by atoms with van der Waals surface area (Å²) in [6.07, 6.45) is 67.0. The highest BCUT2D eigenvalue weighted by molar-refractivity contribution is 5.76. The Kier molecular flexibility index (Phi) is 51.6. The van der Waals surface area contributed by atoms with Crippen LogP contribution in [0.4, 0.5) is 0 Å². The predicted octanol–water partition coefficient (Wildman–Crippen LogP) is 17.0. The molecule has 0 rings (SSSR count). The van der Waals surface area contributed by atoms with Crippen molar-refractivity contribution in [2.45, 2.75) is 296 Å². The zero-order valence-corrected chi connectivity index (χ0v) is 42.5. The molecule has 0 aliphatic rings. The monoisotopic (exact) mass is 898 g/mol. The summed E-state index contributed by atoms with van der Waals surface area (Å²) in [7, 11) is 0. The van der Waals surface area contributed by atoms with Crippen molar-refractivity contribution in [1.29, 1.82) is 0 Å². The molecule has 0 fully saturated rings. The molecule has 6 nitrogen and oxygen atoms in total. The lowest BCUT2D eigenvalue weighted by molar-refractivity contribution is -0.143. The number of ether oxygens (including phenoxy) is 1. The second kappa shape index (κ2) is 53.4. The highest BCUT2D eigenvalue weighted by Gasteiger charge is 2.18. The van der Waals surface area contributed by atoms with Crippen LogP contribution < -0.4 is 5.32 Å². The van der Waals surface area contributed by atoms with Gasteiger partial charge in [-0.2, -0.15) is 0 Å². The molecule has 0 bridgehead atoms. The molecule has 0 aromatic heterocycles. The molecule has 374 valence electrons. The summed E-state index contributed by atoms with van der Waals surface area (Å²) in [5, 5.41) is 23.1. The number of allylic oxidation sites excluding steroid dienone is 7. The highest BCUT2D eigenvalue weighted by atomic mass is 16.5. The quantitative estimate of drug-likeness (QED) is 0.0321. The van der Waals surface area contributed by atoms with Gasteiger partial charge < -0.3 is 20.3 Å². The molecule has 2 atom stereocenters. The zero-order valence-electron chi connectivity index (χ0n) is 42.5. The fourth-order valence-electron chi connectivity index (χ4n) is 8.25. The molecule has 0 saturated carbocycles. The minimum absolute atomic E-state index is 0.0420. The van der Waals surface area contributed by atoms with Crippen molar-refractivity contribution >= 4 is 11.9 Å². The largest absolute Gasteiger partial charge is 0.466 e. The summed E-state index contributed by atoms with van der Waals surface area (Å²) in [6.45, 7) is 4.79. The Morgan fingerprint density at radius 2 is 0.797 bits per heavy atom. The summed E-state index contributed by atoms with van der Waals surface area (Å²) < 4.78 is 5.45. The van der Waals surface area contributed by atoms with E-state index in [1.807, 2.05) is 6.08 Å². The first-order valence-electron chi connectivity index (χ1n) is 27.9. The maximum Gasteiger partial charge on any atom is 0.305 e. The van der Waals surface area contributed by atoms with Crippen molar-refractivity contribution in [2.24, 2.45) is 0 Å². The number of nitrogens with one attached hydrogen (secondary N) is 1. The third kappa shape index (κ3) is 49.3. The molecule has 0 saturated heterocycles. The number of unbranched alkanes of at least 4 members (excludes halogenated alkanes) is 34. The van der Waals surface area contributed by atoms with E-state index in [4.69, 9.17) is 4.74 Å². The van der Waals surface area contributed by atoms with Crippen LogP contribution in [0.5, 0.6) is 0 Å². The van der Waals surface area contributed by atoms with Gasteiger partial charge in [-0.05, 0) is 83.5 Å². The van der Waals surface area contributed by atoms with E-state index in [-0.39, 0.29) is 18.5 Å². The third-order valence-corrected chi connectivity index (χ3v) is 12.6. The molecule has 3 N–H and O–H groups in total. The molecule has 0 heterocycles.